The van der Waals surface area contributed by atoms with E-state index in [1.165, 1.54) is 10.9 Å². The van der Waals surface area contributed by atoms with E-state index in [4.69, 9.17) is 10.5 Å². The van der Waals surface area contributed by atoms with Crippen LogP contribution in [0.5, 0.6) is 0 Å². The highest BCUT2D eigenvalue weighted by Gasteiger charge is 2.29. The van der Waals surface area contributed by atoms with Crippen molar-refractivity contribution in [1.29, 1.82) is 0 Å². The summed E-state index contributed by atoms with van der Waals surface area (Å²) in [5.41, 5.74) is 5.59. The first kappa shape index (κ1) is 14.3. The van der Waals surface area contributed by atoms with Gasteiger partial charge in [-0.05, 0) is 12.8 Å². The van der Waals surface area contributed by atoms with Gasteiger partial charge in [0.05, 0.1) is 6.10 Å². The van der Waals surface area contributed by atoms with E-state index in [-0.39, 0.29) is 22.7 Å². The molecule has 8 heteroatoms. The zero-order valence-electron chi connectivity index (χ0n) is 11.2. The average Bonchev–Trinajstić information content (AvgIpc) is 2.93. The van der Waals surface area contributed by atoms with Crippen LogP contribution in [0.2, 0.25) is 0 Å². The molecule has 2 rings (SSSR count). The maximum absolute atomic E-state index is 12.1. The molecule has 2 atom stereocenters. The number of hydrogen-bond acceptors (Lipinski definition) is 5. The van der Waals surface area contributed by atoms with Crippen molar-refractivity contribution in [2.45, 2.75) is 30.8 Å². The van der Waals surface area contributed by atoms with Gasteiger partial charge in [0.15, 0.2) is 5.82 Å². The summed E-state index contributed by atoms with van der Waals surface area (Å²) in [7, 11) is -1.97. The molecule has 0 bridgehead atoms. The van der Waals surface area contributed by atoms with E-state index in [0.29, 0.717) is 13.2 Å². The van der Waals surface area contributed by atoms with E-state index in [2.05, 4.69) is 9.82 Å². The van der Waals surface area contributed by atoms with Gasteiger partial charge in [-0.3, -0.25) is 4.68 Å². The third-order valence-corrected chi connectivity index (χ3v) is 4.84. The quantitative estimate of drug-likeness (QED) is 0.800. The second-order valence-corrected chi connectivity index (χ2v) is 6.51. The fourth-order valence-electron chi connectivity index (χ4n) is 2.36. The molecular formula is C11H20N4O3S. The highest BCUT2D eigenvalue weighted by atomic mass is 32.2. The van der Waals surface area contributed by atoms with E-state index in [1.54, 1.807) is 7.05 Å². The summed E-state index contributed by atoms with van der Waals surface area (Å²) in [4.78, 5) is 0.0296. The molecule has 0 amide bonds. The Kier molecular flexibility index (Phi) is 4.12. The van der Waals surface area contributed by atoms with Crippen molar-refractivity contribution in [3.63, 3.8) is 0 Å². The zero-order chi connectivity index (χ0) is 14.0. The molecule has 3 N–H and O–H groups in total. The number of rotatable bonds is 5. The highest BCUT2D eigenvalue weighted by Crippen LogP contribution is 2.23. The van der Waals surface area contributed by atoms with Crippen LogP contribution in [-0.4, -0.2) is 37.5 Å². The number of aromatic nitrogens is 2. The minimum Gasteiger partial charge on any atom is -0.381 e. The lowest BCUT2D eigenvalue weighted by molar-refractivity contribution is 0.0884. The maximum Gasteiger partial charge on any atom is 0.245 e. The molecule has 2 heterocycles. The Bertz CT molecular complexity index is 540. The van der Waals surface area contributed by atoms with Crippen LogP contribution >= 0.6 is 0 Å². The van der Waals surface area contributed by atoms with Gasteiger partial charge in [-0.25, -0.2) is 13.1 Å². The molecule has 1 fully saturated rings. The Hall–Kier alpha value is -1.12. The van der Waals surface area contributed by atoms with E-state index < -0.39 is 10.0 Å². The fourth-order valence-corrected chi connectivity index (χ4v) is 3.56. The molecule has 2 unspecified atom stereocenters. The molecule has 1 aromatic heterocycles. The molecule has 0 radical (unpaired) electrons. The predicted octanol–water partition coefficient (Wildman–Crippen LogP) is 0.0957. The summed E-state index contributed by atoms with van der Waals surface area (Å²) < 4.78 is 33.8. The molecule has 0 aliphatic carbocycles. The Morgan fingerprint density at radius 1 is 1.63 bits per heavy atom. The topological polar surface area (TPSA) is 99.2 Å². The number of nitrogens with zero attached hydrogens (tertiary/aromatic N) is 2. The van der Waals surface area contributed by atoms with Crippen molar-refractivity contribution in [3.05, 3.63) is 6.20 Å². The van der Waals surface area contributed by atoms with Crippen molar-refractivity contribution in [2.75, 3.05) is 18.9 Å². The first-order valence-electron chi connectivity index (χ1n) is 6.34. The van der Waals surface area contributed by atoms with Crippen LogP contribution in [0.15, 0.2) is 11.1 Å². The van der Waals surface area contributed by atoms with Crippen LogP contribution in [0.25, 0.3) is 0 Å². The van der Waals surface area contributed by atoms with Gasteiger partial charge in [0.1, 0.15) is 4.90 Å². The van der Waals surface area contributed by atoms with Crippen molar-refractivity contribution >= 4 is 15.8 Å². The fraction of sp³-hybridized carbons (Fsp3) is 0.727. The minimum absolute atomic E-state index is 0.0183. The molecular weight excluding hydrogens is 268 g/mol. The van der Waals surface area contributed by atoms with E-state index in [1.807, 2.05) is 6.92 Å². The highest BCUT2D eigenvalue weighted by molar-refractivity contribution is 7.89. The number of nitrogens with two attached hydrogens (primary N) is 1. The lowest BCUT2D eigenvalue weighted by Gasteiger charge is -2.17. The standard InChI is InChI=1S/C11H20N4O3S/c1-3-9-8(4-5-18-9)6-13-19(16,17)10-7-15(2)14-11(10)12/h7-9,13H,3-6H2,1-2H3,(H2,12,14). The molecule has 0 spiro atoms. The summed E-state index contributed by atoms with van der Waals surface area (Å²) >= 11 is 0. The number of sulfonamides is 1. The first-order chi connectivity index (χ1) is 8.94. The van der Waals surface area contributed by atoms with Crippen LogP contribution in [0.4, 0.5) is 5.82 Å². The van der Waals surface area contributed by atoms with Crippen molar-refractivity contribution in [1.82, 2.24) is 14.5 Å². The smallest absolute Gasteiger partial charge is 0.245 e. The van der Waals surface area contributed by atoms with Crippen molar-refractivity contribution < 1.29 is 13.2 Å². The van der Waals surface area contributed by atoms with E-state index in [0.717, 1.165) is 12.8 Å². The zero-order valence-corrected chi connectivity index (χ0v) is 12.0. The molecule has 1 saturated heterocycles. The molecule has 1 aliphatic heterocycles. The van der Waals surface area contributed by atoms with Gasteiger partial charge >= 0.3 is 0 Å². The maximum atomic E-state index is 12.1. The molecule has 7 nitrogen and oxygen atoms in total. The first-order valence-corrected chi connectivity index (χ1v) is 7.82. The normalized spacial score (nSPS) is 23.9. The number of nitrogens with one attached hydrogen (secondary N) is 1. The van der Waals surface area contributed by atoms with Gasteiger partial charge in [0.25, 0.3) is 0 Å². The van der Waals surface area contributed by atoms with Crippen molar-refractivity contribution in [2.24, 2.45) is 13.0 Å². The summed E-state index contributed by atoms with van der Waals surface area (Å²) in [5.74, 6) is 0.238. The van der Waals surface area contributed by atoms with Gasteiger partial charge in [0, 0.05) is 32.3 Å². The number of nitrogen functional groups attached to an aromatic ring is 1. The third kappa shape index (κ3) is 3.07. The number of aryl methyl sites for hydroxylation is 1. The van der Waals surface area contributed by atoms with Crippen LogP contribution in [0.1, 0.15) is 19.8 Å². The Morgan fingerprint density at radius 3 is 2.95 bits per heavy atom. The molecule has 0 saturated carbocycles. The van der Waals surface area contributed by atoms with Gasteiger partial charge in [-0.15, -0.1) is 0 Å². The molecule has 0 aromatic carbocycles. The second kappa shape index (κ2) is 5.48. The lowest BCUT2D eigenvalue weighted by Crippen LogP contribution is -2.32. The molecule has 1 aromatic rings. The number of ether oxygens (including phenoxy) is 1. The molecule has 19 heavy (non-hydrogen) atoms. The van der Waals surface area contributed by atoms with Crippen LogP contribution in [0.3, 0.4) is 0 Å². The third-order valence-electron chi connectivity index (χ3n) is 3.40. The van der Waals surface area contributed by atoms with Gasteiger partial charge in [0.2, 0.25) is 10.0 Å². The SMILES string of the molecule is CCC1OCCC1CNS(=O)(=O)c1cn(C)nc1N. The molecule has 1 aliphatic rings. The lowest BCUT2D eigenvalue weighted by atomic mass is 10.0. The second-order valence-electron chi connectivity index (χ2n) is 4.77. The van der Waals surface area contributed by atoms with Gasteiger partial charge in [-0.2, -0.15) is 5.10 Å². The Labute approximate surface area is 113 Å². The predicted molar refractivity (Wildman–Crippen MR) is 70.9 cm³/mol. The van der Waals surface area contributed by atoms with Crippen LogP contribution in [0, 0.1) is 5.92 Å². The van der Waals surface area contributed by atoms with Gasteiger partial charge in [-0.1, -0.05) is 6.92 Å². The Balaban J connectivity index is 2.04. The minimum atomic E-state index is -3.60. The largest absolute Gasteiger partial charge is 0.381 e. The number of hydrogen-bond donors (Lipinski definition) is 2. The van der Waals surface area contributed by atoms with Crippen LogP contribution < -0.4 is 10.5 Å². The number of anilines is 1. The van der Waals surface area contributed by atoms with Crippen molar-refractivity contribution in [3.8, 4) is 0 Å². The van der Waals surface area contributed by atoms with E-state index in [9.17, 15) is 8.42 Å². The summed E-state index contributed by atoms with van der Waals surface area (Å²) in [5, 5.41) is 3.84. The van der Waals surface area contributed by atoms with E-state index >= 15 is 0 Å². The Morgan fingerprint density at radius 2 is 2.37 bits per heavy atom. The average molecular weight is 288 g/mol. The van der Waals surface area contributed by atoms with Gasteiger partial charge < -0.3 is 10.5 Å². The summed E-state index contributed by atoms with van der Waals surface area (Å²) in [6, 6.07) is 0. The monoisotopic (exact) mass is 288 g/mol. The summed E-state index contributed by atoms with van der Waals surface area (Å²) in [6.07, 6.45) is 3.31. The molecule has 108 valence electrons. The summed E-state index contributed by atoms with van der Waals surface area (Å²) in [6.45, 7) is 3.10. The van der Waals surface area contributed by atoms with Crippen LogP contribution in [-0.2, 0) is 21.8 Å².